The lowest BCUT2D eigenvalue weighted by atomic mass is 10.1. The van der Waals surface area contributed by atoms with Crippen LogP contribution >= 0.6 is 23.1 Å². The minimum Gasteiger partial charge on any atom is -0.462 e. The van der Waals surface area contributed by atoms with E-state index in [9.17, 15) is 18.0 Å². The molecule has 0 aliphatic carbocycles. The van der Waals surface area contributed by atoms with Gasteiger partial charge < -0.3 is 14.8 Å². The Morgan fingerprint density at radius 1 is 1.08 bits per heavy atom. The number of thiophene rings is 1. The summed E-state index contributed by atoms with van der Waals surface area (Å²) in [4.78, 5) is 25.3. The van der Waals surface area contributed by atoms with Gasteiger partial charge in [-0.05, 0) is 71.6 Å². The molecule has 0 unspecified atom stereocenters. The molecular weight excluding hydrogens is 524 g/mol. The molecule has 2 heterocycles. The van der Waals surface area contributed by atoms with Gasteiger partial charge in [0.2, 0.25) is 0 Å². The number of hydrogen-bond acceptors (Lipinski definition) is 10. The smallest absolute Gasteiger partial charge is 0.407 e. The van der Waals surface area contributed by atoms with Gasteiger partial charge in [0.05, 0.1) is 23.9 Å². The number of nitrogens with zero attached hydrogens (tertiary/aromatic N) is 2. The molecule has 3 aromatic rings. The summed E-state index contributed by atoms with van der Waals surface area (Å²) in [6, 6.07) is 4.74. The van der Waals surface area contributed by atoms with E-state index in [2.05, 4.69) is 18.8 Å². The normalized spacial score (nSPS) is 11.9. The molecule has 3 rings (SSSR count). The van der Waals surface area contributed by atoms with Gasteiger partial charge in [0, 0.05) is 11.4 Å². The topological polar surface area (TPSA) is 137 Å². The second-order valence-electron chi connectivity index (χ2n) is 9.11. The first-order valence-electron chi connectivity index (χ1n) is 11.4. The number of ether oxygens (including phenoxy) is 2. The van der Waals surface area contributed by atoms with Crippen molar-refractivity contribution < 1.29 is 27.5 Å². The van der Waals surface area contributed by atoms with E-state index < -0.39 is 27.7 Å². The number of carbonyl (C=O) groups is 2. The van der Waals surface area contributed by atoms with Crippen LogP contribution < -0.4 is 10.0 Å². The van der Waals surface area contributed by atoms with Crippen LogP contribution in [0.3, 0.4) is 0 Å². The molecule has 0 atom stereocenters. The lowest BCUT2D eigenvalue weighted by Gasteiger charge is -2.19. The average Bonchev–Trinajstić information content (AvgIpc) is 3.35. The molecule has 36 heavy (non-hydrogen) atoms. The maximum absolute atomic E-state index is 13.1. The van der Waals surface area contributed by atoms with Gasteiger partial charge in [-0.3, -0.25) is 4.72 Å². The fourth-order valence-electron chi connectivity index (χ4n) is 3.27. The van der Waals surface area contributed by atoms with E-state index >= 15 is 0 Å². The Balaban J connectivity index is 1.56. The third-order valence-electron chi connectivity index (χ3n) is 5.08. The van der Waals surface area contributed by atoms with Crippen LogP contribution in [0.1, 0.15) is 60.8 Å². The number of unbranched alkanes of at least 4 members (excludes halogenated alkanes) is 2. The Morgan fingerprint density at radius 2 is 1.83 bits per heavy atom. The fraction of sp³-hybridized carbons (Fsp3) is 0.478. The SMILES string of the molecule is Cc1sc(NS(=O)(=O)c2cccc3nsnc23)c(C(=O)OCCCCCNC(=O)OC(C)(C)C)c1C. The maximum atomic E-state index is 13.1. The van der Waals surface area contributed by atoms with Gasteiger partial charge in [-0.15, -0.1) is 11.3 Å². The maximum Gasteiger partial charge on any atom is 0.407 e. The van der Waals surface area contributed by atoms with Crippen LogP contribution in [0.25, 0.3) is 11.0 Å². The van der Waals surface area contributed by atoms with Gasteiger partial charge in [0.1, 0.15) is 26.5 Å². The Bertz CT molecular complexity index is 1340. The molecular formula is C23H30N4O6S3. The zero-order valence-electron chi connectivity index (χ0n) is 20.8. The van der Waals surface area contributed by atoms with Crippen molar-refractivity contribution in [1.29, 1.82) is 0 Å². The van der Waals surface area contributed by atoms with Crippen molar-refractivity contribution in [1.82, 2.24) is 14.1 Å². The largest absolute Gasteiger partial charge is 0.462 e. The van der Waals surface area contributed by atoms with Gasteiger partial charge in [0.25, 0.3) is 10.0 Å². The number of anilines is 1. The molecule has 10 nitrogen and oxygen atoms in total. The third-order valence-corrected chi connectivity index (χ3v) is 8.25. The molecule has 0 saturated carbocycles. The van der Waals surface area contributed by atoms with E-state index in [1.54, 1.807) is 39.8 Å². The first kappa shape index (κ1) is 27.8. The van der Waals surface area contributed by atoms with E-state index in [0.29, 0.717) is 30.5 Å². The minimum atomic E-state index is -4.01. The number of aryl methyl sites for hydroxylation is 1. The molecule has 0 aliphatic heterocycles. The van der Waals surface area contributed by atoms with Crippen LogP contribution in [0.15, 0.2) is 23.1 Å². The molecule has 196 valence electrons. The lowest BCUT2D eigenvalue weighted by Crippen LogP contribution is -2.33. The van der Waals surface area contributed by atoms with Crippen LogP contribution in [0.2, 0.25) is 0 Å². The number of fused-ring (bicyclic) bond motifs is 1. The summed E-state index contributed by atoms with van der Waals surface area (Å²) in [5.41, 5.74) is 1.09. The molecule has 13 heteroatoms. The number of amides is 1. The van der Waals surface area contributed by atoms with Gasteiger partial charge in [-0.25, -0.2) is 18.0 Å². The van der Waals surface area contributed by atoms with Crippen LogP contribution in [0.5, 0.6) is 0 Å². The summed E-state index contributed by atoms with van der Waals surface area (Å²) in [6.45, 7) is 9.60. The standard InChI is InChI=1S/C23H30N4O6S3/c1-14-15(2)34-20(27-36(30,31)17-11-9-10-16-19(17)26-35-25-16)18(14)21(28)32-13-8-6-7-12-24-22(29)33-23(3,4)5/h9-11,27H,6-8,12-13H2,1-5H3,(H,24,29). The van der Waals surface area contributed by atoms with Gasteiger partial charge in [-0.2, -0.15) is 8.75 Å². The number of aromatic nitrogens is 2. The number of rotatable bonds is 10. The van der Waals surface area contributed by atoms with Crippen LogP contribution in [0.4, 0.5) is 9.80 Å². The first-order valence-corrected chi connectivity index (χ1v) is 14.4. The Labute approximate surface area is 218 Å². The number of alkyl carbamates (subject to hydrolysis) is 1. The number of benzene rings is 1. The number of sulfonamides is 1. The van der Waals surface area contributed by atoms with Gasteiger partial charge in [-0.1, -0.05) is 6.07 Å². The van der Waals surface area contributed by atoms with E-state index in [1.807, 2.05) is 6.92 Å². The fourth-order valence-corrected chi connectivity index (χ4v) is 6.39. The summed E-state index contributed by atoms with van der Waals surface area (Å²) in [5.74, 6) is -0.588. The van der Waals surface area contributed by atoms with Crippen molar-refractivity contribution in [3.05, 3.63) is 34.2 Å². The third kappa shape index (κ3) is 7.14. The van der Waals surface area contributed by atoms with E-state index in [-0.39, 0.29) is 27.6 Å². The monoisotopic (exact) mass is 554 g/mol. The van der Waals surface area contributed by atoms with Crippen molar-refractivity contribution in [2.45, 2.75) is 64.4 Å². The summed E-state index contributed by atoms with van der Waals surface area (Å²) in [5, 5.41) is 2.89. The highest BCUT2D eigenvalue weighted by Gasteiger charge is 2.27. The van der Waals surface area contributed by atoms with E-state index in [4.69, 9.17) is 9.47 Å². The van der Waals surface area contributed by atoms with E-state index in [1.165, 1.54) is 17.4 Å². The number of carbonyl (C=O) groups excluding carboxylic acids is 2. The number of nitrogens with one attached hydrogen (secondary N) is 2. The summed E-state index contributed by atoms with van der Waals surface area (Å²) in [7, 11) is -4.01. The van der Waals surface area contributed by atoms with Crippen LogP contribution in [-0.2, 0) is 19.5 Å². The molecule has 0 aliphatic rings. The zero-order valence-corrected chi connectivity index (χ0v) is 23.3. The quantitative estimate of drug-likeness (QED) is 0.263. The highest BCUT2D eigenvalue weighted by Crippen LogP contribution is 2.35. The number of esters is 1. The molecule has 1 amide bonds. The first-order chi connectivity index (χ1) is 16.9. The second kappa shape index (κ2) is 11.5. The molecule has 0 fully saturated rings. The second-order valence-corrected chi connectivity index (χ2v) is 12.5. The predicted molar refractivity (Wildman–Crippen MR) is 140 cm³/mol. The van der Waals surface area contributed by atoms with Crippen molar-refractivity contribution in [2.24, 2.45) is 0 Å². The molecule has 0 bridgehead atoms. The summed E-state index contributed by atoms with van der Waals surface area (Å²) >= 11 is 2.11. The predicted octanol–water partition coefficient (Wildman–Crippen LogP) is 5.02. The molecule has 0 radical (unpaired) electrons. The highest BCUT2D eigenvalue weighted by molar-refractivity contribution is 7.93. The molecule has 1 aromatic carbocycles. The Morgan fingerprint density at radius 3 is 2.56 bits per heavy atom. The van der Waals surface area contributed by atoms with Crippen LogP contribution in [-0.4, -0.2) is 48.0 Å². The van der Waals surface area contributed by atoms with Gasteiger partial charge in [0.15, 0.2) is 0 Å². The van der Waals surface area contributed by atoms with Crippen LogP contribution in [0, 0.1) is 13.8 Å². The Kier molecular flexibility index (Phi) is 8.90. The highest BCUT2D eigenvalue weighted by atomic mass is 32.2. The number of hydrogen-bond donors (Lipinski definition) is 2. The molecule has 0 saturated heterocycles. The molecule has 2 N–H and O–H groups in total. The zero-order chi connectivity index (χ0) is 26.5. The van der Waals surface area contributed by atoms with Crippen molar-refractivity contribution in [3.8, 4) is 0 Å². The van der Waals surface area contributed by atoms with Crippen molar-refractivity contribution in [2.75, 3.05) is 17.9 Å². The summed E-state index contributed by atoms with van der Waals surface area (Å²) in [6.07, 6.45) is 1.57. The summed E-state index contributed by atoms with van der Waals surface area (Å²) < 4.78 is 47.6. The molecule has 2 aromatic heterocycles. The average molecular weight is 555 g/mol. The van der Waals surface area contributed by atoms with Crippen molar-refractivity contribution in [3.63, 3.8) is 0 Å². The lowest BCUT2D eigenvalue weighted by molar-refractivity contribution is 0.0499. The minimum absolute atomic E-state index is 0.00300. The Hall–Kier alpha value is -2.77. The molecule has 0 spiro atoms. The van der Waals surface area contributed by atoms with Gasteiger partial charge >= 0.3 is 12.1 Å². The van der Waals surface area contributed by atoms with Crippen molar-refractivity contribution >= 4 is 61.2 Å². The van der Waals surface area contributed by atoms with E-state index in [0.717, 1.165) is 23.0 Å².